The van der Waals surface area contributed by atoms with Crippen LogP contribution in [0.2, 0.25) is 5.02 Å². The Labute approximate surface area is 165 Å². The van der Waals surface area contributed by atoms with Gasteiger partial charge in [0.25, 0.3) is 0 Å². The standard InChI is InChI=1S/C22H25ClN2O2/c23-19-5-6-22-18(12-19)11-16(15-27-22)13-24-21-4-2-1-3-17(21)14-25-9-7-20(26)8-10-25/h1-6,11-12,20,24,26H,7-10,13-15H2. The van der Waals surface area contributed by atoms with Crippen molar-refractivity contribution in [1.29, 1.82) is 0 Å². The van der Waals surface area contributed by atoms with Gasteiger partial charge in [0.15, 0.2) is 0 Å². The van der Waals surface area contributed by atoms with Crippen molar-refractivity contribution in [2.24, 2.45) is 0 Å². The molecule has 0 spiro atoms. The van der Waals surface area contributed by atoms with Gasteiger partial charge in [0.2, 0.25) is 0 Å². The van der Waals surface area contributed by atoms with Gasteiger partial charge in [-0.25, -0.2) is 0 Å². The van der Waals surface area contributed by atoms with E-state index in [9.17, 15) is 5.11 Å². The molecule has 2 aliphatic rings. The molecule has 0 unspecified atom stereocenters. The second-order valence-electron chi connectivity index (χ2n) is 7.29. The zero-order valence-corrected chi connectivity index (χ0v) is 16.1. The maximum atomic E-state index is 9.70. The molecule has 2 aromatic rings. The van der Waals surface area contributed by atoms with E-state index in [0.717, 1.165) is 61.0 Å². The van der Waals surface area contributed by atoms with E-state index >= 15 is 0 Å². The van der Waals surface area contributed by atoms with Gasteiger partial charge in [-0.1, -0.05) is 29.8 Å². The van der Waals surface area contributed by atoms with E-state index in [1.165, 1.54) is 11.1 Å². The molecule has 142 valence electrons. The molecule has 2 heterocycles. The number of likely N-dealkylation sites (tertiary alicyclic amines) is 1. The number of rotatable bonds is 5. The Morgan fingerprint density at radius 1 is 1.15 bits per heavy atom. The Hall–Kier alpha value is -2.01. The zero-order valence-electron chi connectivity index (χ0n) is 15.3. The highest BCUT2D eigenvalue weighted by Crippen LogP contribution is 2.29. The topological polar surface area (TPSA) is 44.7 Å². The van der Waals surface area contributed by atoms with E-state index in [1.54, 1.807) is 0 Å². The molecule has 0 aliphatic carbocycles. The summed E-state index contributed by atoms with van der Waals surface area (Å²) in [7, 11) is 0. The molecule has 0 aromatic heterocycles. The fourth-order valence-electron chi connectivity index (χ4n) is 3.66. The number of fused-ring (bicyclic) bond motifs is 1. The minimum absolute atomic E-state index is 0.135. The predicted molar refractivity (Wildman–Crippen MR) is 110 cm³/mol. The highest BCUT2D eigenvalue weighted by molar-refractivity contribution is 6.30. The summed E-state index contributed by atoms with van der Waals surface area (Å²) in [6.45, 7) is 4.14. The number of aliphatic hydroxyl groups excluding tert-OH is 1. The number of para-hydroxylation sites is 1. The van der Waals surface area contributed by atoms with Crippen molar-refractivity contribution >= 4 is 23.4 Å². The summed E-state index contributed by atoms with van der Waals surface area (Å²) in [6.07, 6.45) is 3.75. The maximum Gasteiger partial charge on any atom is 0.127 e. The summed E-state index contributed by atoms with van der Waals surface area (Å²) >= 11 is 6.10. The number of hydrogen-bond acceptors (Lipinski definition) is 4. The van der Waals surface area contributed by atoms with Crippen LogP contribution in [-0.2, 0) is 6.54 Å². The van der Waals surface area contributed by atoms with Crippen LogP contribution in [0.4, 0.5) is 5.69 Å². The Kier molecular flexibility index (Phi) is 5.67. The number of piperidine rings is 1. The van der Waals surface area contributed by atoms with Crippen LogP contribution in [-0.4, -0.2) is 42.4 Å². The Morgan fingerprint density at radius 2 is 1.96 bits per heavy atom. The lowest BCUT2D eigenvalue weighted by Gasteiger charge is -2.30. The number of aliphatic hydroxyl groups is 1. The SMILES string of the molecule is OC1CCN(Cc2ccccc2NCC2=Cc3cc(Cl)ccc3OC2)CC1. The largest absolute Gasteiger partial charge is 0.489 e. The number of ether oxygens (including phenoxy) is 1. The quantitative estimate of drug-likeness (QED) is 0.811. The highest BCUT2D eigenvalue weighted by Gasteiger charge is 2.18. The lowest BCUT2D eigenvalue weighted by molar-refractivity contribution is 0.0793. The number of nitrogens with one attached hydrogen (secondary N) is 1. The molecule has 0 radical (unpaired) electrons. The van der Waals surface area contributed by atoms with E-state index < -0.39 is 0 Å². The van der Waals surface area contributed by atoms with Crippen molar-refractivity contribution in [3.8, 4) is 5.75 Å². The van der Waals surface area contributed by atoms with Gasteiger partial charge in [-0.05, 0) is 54.3 Å². The molecule has 1 fully saturated rings. The molecule has 0 saturated carbocycles. The van der Waals surface area contributed by atoms with Crippen LogP contribution in [0.5, 0.6) is 5.75 Å². The van der Waals surface area contributed by atoms with Crippen LogP contribution in [0.15, 0.2) is 48.0 Å². The predicted octanol–water partition coefficient (Wildman–Crippen LogP) is 4.18. The van der Waals surface area contributed by atoms with E-state index in [2.05, 4.69) is 40.6 Å². The second kappa shape index (κ2) is 8.34. The van der Waals surface area contributed by atoms with Gasteiger partial charge in [-0.2, -0.15) is 0 Å². The normalized spacial score (nSPS) is 17.8. The van der Waals surface area contributed by atoms with E-state index in [0.29, 0.717) is 6.61 Å². The molecule has 2 aromatic carbocycles. The molecule has 4 rings (SSSR count). The first-order valence-electron chi connectivity index (χ1n) is 9.51. The third-order valence-corrected chi connectivity index (χ3v) is 5.45. The fourth-order valence-corrected chi connectivity index (χ4v) is 3.84. The molecule has 4 nitrogen and oxygen atoms in total. The van der Waals surface area contributed by atoms with Crippen molar-refractivity contribution in [3.63, 3.8) is 0 Å². The number of hydrogen-bond donors (Lipinski definition) is 2. The zero-order chi connectivity index (χ0) is 18.6. The third-order valence-electron chi connectivity index (χ3n) is 5.22. The molecule has 1 saturated heterocycles. The van der Waals surface area contributed by atoms with Gasteiger partial charge < -0.3 is 15.2 Å². The molecular weight excluding hydrogens is 360 g/mol. The van der Waals surface area contributed by atoms with Crippen molar-refractivity contribution in [3.05, 3.63) is 64.2 Å². The molecule has 2 N–H and O–H groups in total. The van der Waals surface area contributed by atoms with Crippen LogP contribution in [0.25, 0.3) is 6.08 Å². The first-order valence-corrected chi connectivity index (χ1v) is 9.89. The lowest BCUT2D eigenvalue weighted by atomic mass is 10.1. The highest BCUT2D eigenvalue weighted by atomic mass is 35.5. The minimum Gasteiger partial charge on any atom is -0.489 e. The Bertz CT molecular complexity index is 829. The van der Waals surface area contributed by atoms with Gasteiger partial charge in [0.1, 0.15) is 12.4 Å². The van der Waals surface area contributed by atoms with E-state index in [-0.39, 0.29) is 6.10 Å². The molecule has 27 heavy (non-hydrogen) atoms. The first kappa shape index (κ1) is 18.4. The van der Waals surface area contributed by atoms with Gasteiger partial charge in [0.05, 0.1) is 6.10 Å². The number of anilines is 1. The van der Waals surface area contributed by atoms with Crippen LogP contribution in [0.1, 0.15) is 24.0 Å². The van der Waals surface area contributed by atoms with Crippen molar-refractivity contribution in [2.45, 2.75) is 25.5 Å². The van der Waals surface area contributed by atoms with Gasteiger partial charge in [0, 0.05) is 42.5 Å². The Morgan fingerprint density at radius 3 is 2.81 bits per heavy atom. The van der Waals surface area contributed by atoms with Crippen molar-refractivity contribution in [2.75, 3.05) is 31.6 Å². The first-order chi connectivity index (χ1) is 13.2. The maximum absolute atomic E-state index is 9.70. The van der Waals surface area contributed by atoms with Crippen LogP contribution in [0, 0.1) is 0 Å². The third kappa shape index (κ3) is 4.64. The minimum atomic E-state index is -0.135. The summed E-state index contributed by atoms with van der Waals surface area (Å²) in [6, 6.07) is 14.2. The average molecular weight is 385 g/mol. The summed E-state index contributed by atoms with van der Waals surface area (Å²) in [5.74, 6) is 0.885. The summed E-state index contributed by atoms with van der Waals surface area (Å²) in [5.41, 5.74) is 4.67. The van der Waals surface area contributed by atoms with Crippen LogP contribution >= 0.6 is 11.6 Å². The fraction of sp³-hybridized carbons (Fsp3) is 0.364. The van der Waals surface area contributed by atoms with Gasteiger partial charge in [-0.3, -0.25) is 4.90 Å². The second-order valence-corrected chi connectivity index (χ2v) is 7.73. The van der Waals surface area contributed by atoms with Crippen molar-refractivity contribution in [1.82, 2.24) is 4.90 Å². The summed E-state index contributed by atoms with van der Waals surface area (Å²) in [4.78, 5) is 2.41. The monoisotopic (exact) mass is 384 g/mol. The lowest BCUT2D eigenvalue weighted by Crippen LogP contribution is -2.35. The smallest absolute Gasteiger partial charge is 0.127 e. The molecule has 5 heteroatoms. The summed E-state index contributed by atoms with van der Waals surface area (Å²) in [5, 5.41) is 14.0. The van der Waals surface area contributed by atoms with Crippen LogP contribution in [0.3, 0.4) is 0 Å². The van der Waals surface area contributed by atoms with Crippen LogP contribution < -0.4 is 10.1 Å². The van der Waals surface area contributed by atoms with Crippen molar-refractivity contribution < 1.29 is 9.84 Å². The summed E-state index contributed by atoms with van der Waals surface area (Å²) < 4.78 is 5.84. The average Bonchev–Trinajstić information content (AvgIpc) is 2.68. The van der Waals surface area contributed by atoms with Gasteiger partial charge in [-0.15, -0.1) is 0 Å². The molecule has 0 bridgehead atoms. The molecular formula is C22H25ClN2O2. The molecule has 0 amide bonds. The number of benzene rings is 2. The van der Waals surface area contributed by atoms with E-state index in [1.807, 2.05) is 18.2 Å². The number of nitrogens with zero attached hydrogens (tertiary/aromatic N) is 1. The molecule has 0 atom stereocenters. The Balaban J connectivity index is 1.41. The van der Waals surface area contributed by atoms with E-state index in [4.69, 9.17) is 16.3 Å². The van der Waals surface area contributed by atoms with Gasteiger partial charge >= 0.3 is 0 Å². The molecule has 2 aliphatic heterocycles. The number of halogens is 1.